The third-order valence-corrected chi connectivity index (χ3v) is 3.42. The summed E-state index contributed by atoms with van der Waals surface area (Å²) < 4.78 is 20.4. The third-order valence-electron chi connectivity index (χ3n) is 2.70. The highest BCUT2D eigenvalue weighted by Gasteiger charge is 2.08. The Bertz CT molecular complexity index is 666. The molecule has 0 aliphatic heterocycles. The molecule has 2 aromatic rings. The highest BCUT2D eigenvalue weighted by Crippen LogP contribution is 2.25. The van der Waals surface area contributed by atoms with E-state index in [0.29, 0.717) is 5.56 Å². The zero-order chi connectivity index (χ0) is 15.2. The van der Waals surface area contributed by atoms with Crippen LogP contribution in [0.4, 0.5) is 4.39 Å². The summed E-state index contributed by atoms with van der Waals surface area (Å²) in [4.78, 5) is 10.6. The van der Waals surface area contributed by atoms with Crippen LogP contribution < -0.4 is 4.74 Å². The maximum atomic E-state index is 13.8. The second-order valence-corrected chi connectivity index (χ2v) is 5.49. The molecule has 0 unspecified atom stereocenters. The molecule has 3 nitrogen and oxygen atoms in total. The normalized spacial score (nSPS) is 10.8. The second kappa shape index (κ2) is 7.21. The van der Waals surface area contributed by atoms with Crippen LogP contribution in [0.2, 0.25) is 0 Å². The van der Waals surface area contributed by atoms with Crippen molar-refractivity contribution in [3.63, 3.8) is 0 Å². The van der Waals surface area contributed by atoms with Gasteiger partial charge in [-0.25, -0.2) is 9.18 Å². The summed E-state index contributed by atoms with van der Waals surface area (Å²) >= 11 is 2.20. The Hall–Kier alpha value is -1.89. The van der Waals surface area contributed by atoms with Gasteiger partial charge in [0.1, 0.15) is 6.61 Å². The first-order chi connectivity index (χ1) is 10.1. The molecule has 0 bridgehead atoms. The summed E-state index contributed by atoms with van der Waals surface area (Å²) in [6.07, 6.45) is 2.27. The number of carbonyl (C=O) groups is 1. The molecule has 2 aromatic carbocycles. The molecule has 0 saturated carbocycles. The summed E-state index contributed by atoms with van der Waals surface area (Å²) in [5, 5.41) is 8.65. The number of ether oxygens (including phenoxy) is 1. The summed E-state index contributed by atoms with van der Waals surface area (Å²) in [6.45, 7) is 0.214. The van der Waals surface area contributed by atoms with Gasteiger partial charge in [0.2, 0.25) is 0 Å². The van der Waals surface area contributed by atoms with E-state index in [1.807, 2.05) is 24.3 Å². The van der Waals surface area contributed by atoms with Gasteiger partial charge in [-0.15, -0.1) is 0 Å². The Morgan fingerprint density at radius 2 is 1.95 bits per heavy atom. The van der Waals surface area contributed by atoms with E-state index >= 15 is 0 Å². The highest BCUT2D eigenvalue weighted by atomic mass is 127. The van der Waals surface area contributed by atoms with Crippen molar-refractivity contribution < 1.29 is 19.0 Å². The predicted octanol–water partition coefficient (Wildman–Crippen LogP) is 4.11. The molecule has 0 atom stereocenters. The Morgan fingerprint density at radius 1 is 1.24 bits per heavy atom. The second-order valence-electron chi connectivity index (χ2n) is 4.24. The SMILES string of the molecule is O=C(O)/C=C/c1cccc(F)c1OCc1ccc(I)cc1. The van der Waals surface area contributed by atoms with Crippen LogP contribution in [0.5, 0.6) is 5.75 Å². The molecule has 0 heterocycles. The Balaban J connectivity index is 2.18. The fourth-order valence-corrected chi connectivity index (χ4v) is 2.07. The van der Waals surface area contributed by atoms with Crippen LogP contribution >= 0.6 is 22.6 Å². The molecule has 0 saturated heterocycles. The first kappa shape index (κ1) is 15.5. The van der Waals surface area contributed by atoms with E-state index in [4.69, 9.17) is 9.84 Å². The average Bonchev–Trinajstić information content (AvgIpc) is 2.46. The van der Waals surface area contributed by atoms with Crippen molar-refractivity contribution in [1.82, 2.24) is 0 Å². The van der Waals surface area contributed by atoms with Crippen LogP contribution in [0.25, 0.3) is 6.08 Å². The fraction of sp³-hybridized carbons (Fsp3) is 0.0625. The van der Waals surface area contributed by atoms with Crippen molar-refractivity contribution in [2.24, 2.45) is 0 Å². The molecule has 2 rings (SSSR count). The van der Waals surface area contributed by atoms with Gasteiger partial charge in [0.25, 0.3) is 0 Å². The summed E-state index contributed by atoms with van der Waals surface area (Å²) in [5.41, 5.74) is 1.30. The van der Waals surface area contributed by atoms with Crippen LogP contribution in [0, 0.1) is 9.39 Å². The van der Waals surface area contributed by atoms with E-state index in [1.165, 1.54) is 18.2 Å². The lowest BCUT2D eigenvalue weighted by Crippen LogP contribution is -1.99. The van der Waals surface area contributed by atoms with Gasteiger partial charge in [-0.05, 0) is 52.4 Å². The first-order valence-electron chi connectivity index (χ1n) is 6.13. The minimum Gasteiger partial charge on any atom is -0.485 e. The lowest BCUT2D eigenvalue weighted by atomic mass is 10.1. The molecule has 0 fully saturated rings. The molecule has 5 heteroatoms. The number of carboxylic acids is 1. The Morgan fingerprint density at radius 3 is 2.62 bits per heavy atom. The van der Waals surface area contributed by atoms with Crippen molar-refractivity contribution >= 4 is 34.6 Å². The molecule has 21 heavy (non-hydrogen) atoms. The number of carboxylic acid groups (broad SMARTS) is 1. The van der Waals surface area contributed by atoms with Gasteiger partial charge >= 0.3 is 5.97 Å². The minimum absolute atomic E-state index is 0.0496. The van der Waals surface area contributed by atoms with Crippen LogP contribution in [-0.4, -0.2) is 11.1 Å². The van der Waals surface area contributed by atoms with Crippen molar-refractivity contribution in [2.45, 2.75) is 6.61 Å². The van der Waals surface area contributed by atoms with Crippen LogP contribution in [0.3, 0.4) is 0 Å². The average molecular weight is 398 g/mol. The number of aliphatic carboxylic acids is 1. The molecule has 0 radical (unpaired) electrons. The van der Waals surface area contributed by atoms with Gasteiger partial charge in [-0.3, -0.25) is 0 Å². The van der Waals surface area contributed by atoms with Crippen molar-refractivity contribution in [3.8, 4) is 5.75 Å². The van der Waals surface area contributed by atoms with E-state index in [2.05, 4.69) is 22.6 Å². The molecule has 0 spiro atoms. The molecule has 108 valence electrons. The lowest BCUT2D eigenvalue weighted by molar-refractivity contribution is -0.131. The molecule has 0 aromatic heterocycles. The van der Waals surface area contributed by atoms with E-state index in [-0.39, 0.29) is 12.4 Å². The topological polar surface area (TPSA) is 46.5 Å². The minimum atomic E-state index is -1.09. The molecule has 0 amide bonds. The third kappa shape index (κ3) is 4.56. The fourth-order valence-electron chi connectivity index (χ4n) is 1.71. The van der Waals surface area contributed by atoms with Crippen LogP contribution in [0.15, 0.2) is 48.5 Å². The Labute approximate surface area is 135 Å². The monoisotopic (exact) mass is 398 g/mol. The van der Waals surface area contributed by atoms with E-state index in [0.717, 1.165) is 15.2 Å². The number of halogens is 2. The molecular formula is C16H12FIO3. The number of para-hydroxylation sites is 1. The van der Waals surface area contributed by atoms with Gasteiger partial charge in [-0.1, -0.05) is 24.3 Å². The van der Waals surface area contributed by atoms with Gasteiger partial charge < -0.3 is 9.84 Å². The first-order valence-corrected chi connectivity index (χ1v) is 7.21. The largest absolute Gasteiger partial charge is 0.485 e. The van der Waals surface area contributed by atoms with E-state index in [1.54, 1.807) is 6.07 Å². The number of hydrogen-bond donors (Lipinski definition) is 1. The zero-order valence-corrected chi connectivity index (χ0v) is 13.1. The van der Waals surface area contributed by atoms with E-state index in [9.17, 15) is 9.18 Å². The maximum absolute atomic E-state index is 13.8. The van der Waals surface area contributed by atoms with Crippen LogP contribution in [-0.2, 0) is 11.4 Å². The van der Waals surface area contributed by atoms with Gasteiger partial charge in [0.15, 0.2) is 11.6 Å². The number of benzene rings is 2. The molecule has 0 aliphatic carbocycles. The molecule has 0 aliphatic rings. The summed E-state index contributed by atoms with van der Waals surface area (Å²) in [7, 11) is 0. The summed E-state index contributed by atoms with van der Waals surface area (Å²) in [5.74, 6) is -1.57. The predicted molar refractivity (Wildman–Crippen MR) is 86.6 cm³/mol. The van der Waals surface area contributed by atoms with Crippen molar-refractivity contribution in [2.75, 3.05) is 0 Å². The quantitative estimate of drug-likeness (QED) is 0.609. The standard InChI is InChI=1S/C16H12FIO3/c17-14-3-1-2-12(6-9-15(19)20)16(14)21-10-11-4-7-13(18)8-5-11/h1-9H,10H2,(H,19,20)/b9-6+. The smallest absolute Gasteiger partial charge is 0.328 e. The number of rotatable bonds is 5. The molecule has 1 N–H and O–H groups in total. The van der Waals surface area contributed by atoms with Crippen molar-refractivity contribution in [1.29, 1.82) is 0 Å². The van der Waals surface area contributed by atoms with Gasteiger partial charge in [0, 0.05) is 15.2 Å². The highest BCUT2D eigenvalue weighted by molar-refractivity contribution is 14.1. The van der Waals surface area contributed by atoms with Crippen molar-refractivity contribution in [3.05, 3.63) is 69.1 Å². The van der Waals surface area contributed by atoms with Gasteiger partial charge in [-0.2, -0.15) is 0 Å². The maximum Gasteiger partial charge on any atom is 0.328 e. The number of hydrogen-bond acceptors (Lipinski definition) is 2. The lowest BCUT2D eigenvalue weighted by Gasteiger charge is -2.10. The Kier molecular flexibility index (Phi) is 5.32. The van der Waals surface area contributed by atoms with E-state index < -0.39 is 11.8 Å². The molecular weight excluding hydrogens is 386 g/mol. The zero-order valence-electron chi connectivity index (χ0n) is 10.9. The summed E-state index contributed by atoms with van der Waals surface area (Å²) in [6, 6.07) is 12.1. The van der Waals surface area contributed by atoms with Gasteiger partial charge in [0.05, 0.1) is 0 Å². The van der Waals surface area contributed by atoms with Crippen LogP contribution in [0.1, 0.15) is 11.1 Å².